The van der Waals surface area contributed by atoms with Gasteiger partial charge in [0, 0.05) is 10.6 Å². The van der Waals surface area contributed by atoms with Crippen LogP contribution in [0, 0.1) is 6.92 Å². The molecule has 0 saturated carbocycles. The highest BCUT2D eigenvalue weighted by atomic mass is 35.5. The highest BCUT2D eigenvalue weighted by Crippen LogP contribution is 2.40. The zero-order valence-electron chi connectivity index (χ0n) is 21.6. The number of aliphatic hydroxyl groups is 1. The number of methoxy groups -OCH3 is 1. The molecule has 0 saturated heterocycles. The molecule has 1 amide bonds. The third-order valence-corrected chi connectivity index (χ3v) is 7.01. The molecule has 0 spiro atoms. The van der Waals surface area contributed by atoms with Crippen LogP contribution in [0.3, 0.4) is 0 Å². The van der Waals surface area contributed by atoms with E-state index in [-0.39, 0.29) is 23.0 Å². The molecule has 1 N–H and O–H groups in total. The standard InChI is InChI=1S/C30H26ClNO6S/c1-4-37-30(35)26-27(33)25(39-29(26)32-28(34)22-8-6-5-7-18(22)2)16-20-11-14-23(24(15-20)36-3)38-17-19-9-12-21(31)13-10-19/h5-16,33H,4,17H2,1-3H3/b25-16+,32-29?. The second kappa shape index (κ2) is 12.7. The molecule has 0 bridgehead atoms. The second-order valence-corrected chi connectivity index (χ2v) is 9.88. The van der Waals surface area contributed by atoms with Crippen LogP contribution in [0.5, 0.6) is 11.5 Å². The Hall–Kier alpha value is -4.01. The molecule has 0 radical (unpaired) electrons. The number of benzene rings is 3. The molecular formula is C30H26ClNO6S. The lowest BCUT2D eigenvalue weighted by molar-refractivity contribution is -0.138. The molecule has 1 aliphatic heterocycles. The van der Waals surface area contributed by atoms with Crippen LogP contribution in [0.1, 0.15) is 34.0 Å². The van der Waals surface area contributed by atoms with E-state index in [0.717, 1.165) is 22.9 Å². The summed E-state index contributed by atoms with van der Waals surface area (Å²) < 4.78 is 16.6. The largest absolute Gasteiger partial charge is 0.506 e. The van der Waals surface area contributed by atoms with Crippen molar-refractivity contribution in [2.75, 3.05) is 13.7 Å². The van der Waals surface area contributed by atoms with Crippen LogP contribution in [0.15, 0.2) is 88.0 Å². The zero-order valence-corrected chi connectivity index (χ0v) is 23.1. The van der Waals surface area contributed by atoms with Gasteiger partial charge in [0.2, 0.25) is 0 Å². The van der Waals surface area contributed by atoms with E-state index in [4.69, 9.17) is 25.8 Å². The number of carbonyl (C=O) groups is 2. The van der Waals surface area contributed by atoms with E-state index >= 15 is 0 Å². The van der Waals surface area contributed by atoms with Crippen molar-refractivity contribution in [3.05, 3.63) is 110 Å². The predicted molar refractivity (Wildman–Crippen MR) is 154 cm³/mol. The fourth-order valence-electron chi connectivity index (χ4n) is 3.74. The number of aryl methyl sites for hydroxylation is 1. The fourth-order valence-corrected chi connectivity index (χ4v) is 4.88. The topological polar surface area (TPSA) is 94.4 Å². The predicted octanol–water partition coefficient (Wildman–Crippen LogP) is 6.94. The van der Waals surface area contributed by atoms with Gasteiger partial charge in [-0.25, -0.2) is 9.79 Å². The first-order valence-corrected chi connectivity index (χ1v) is 13.2. The Morgan fingerprint density at radius 3 is 2.49 bits per heavy atom. The highest BCUT2D eigenvalue weighted by Gasteiger charge is 2.34. The van der Waals surface area contributed by atoms with Crippen LogP contribution in [-0.2, 0) is 16.1 Å². The Morgan fingerprint density at radius 1 is 1.05 bits per heavy atom. The van der Waals surface area contributed by atoms with Crippen molar-refractivity contribution in [1.82, 2.24) is 0 Å². The van der Waals surface area contributed by atoms with Gasteiger partial charge in [0.05, 0.1) is 18.6 Å². The average molecular weight is 564 g/mol. The lowest BCUT2D eigenvalue weighted by Crippen LogP contribution is -2.14. The molecule has 0 fully saturated rings. The van der Waals surface area contributed by atoms with Crippen molar-refractivity contribution >= 4 is 46.4 Å². The summed E-state index contributed by atoms with van der Waals surface area (Å²) in [6.45, 7) is 3.89. The fraction of sp³-hybridized carbons (Fsp3) is 0.167. The summed E-state index contributed by atoms with van der Waals surface area (Å²) in [4.78, 5) is 30.1. The minimum atomic E-state index is -0.759. The van der Waals surface area contributed by atoms with Gasteiger partial charge >= 0.3 is 5.97 Å². The van der Waals surface area contributed by atoms with Crippen LogP contribution in [0.25, 0.3) is 6.08 Å². The summed E-state index contributed by atoms with van der Waals surface area (Å²) in [6, 6.07) is 19.7. The van der Waals surface area contributed by atoms with Gasteiger partial charge in [-0.15, -0.1) is 0 Å². The first kappa shape index (κ1) is 28.0. The number of hydrogen-bond donors (Lipinski definition) is 1. The van der Waals surface area contributed by atoms with Gasteiger partial charge in [-0.1, -0.05) is 59.8 Å². The maximum absolute atomic E-state index is 12.9. The molecule has 1 heterocycles. The lowest BCUT2D eigenvalue weighted by Gasteiger charge is -2.12. The van der Waals surface area contributed by atoms with E-state index in [0.29, 0.717) is 39.2 Å². The summed E-state index contributed by atoms with van der Waals surface area (Å²) in [5.41, 5.74) is 2.63. The molecule has 9 heteroatoms. The number of rotatable bonds is 8. The molecule has 39 heavy (non-hydrogen) atoms. The minimum absolute atomic E-state index is 0.0698. The van der Waals surface area contributed by atoms with Crippen molar-refractivity contribution < 1.29 is 28.9 Å². The van der Waals surface area contributed by atoms with Crippen LogP contribution < -0.4 is 9.47 Å². The Labute approximate surface area is 235 Å². The number of amides is 1. The van der Waals surface area contributed by atoms with Gasteiger partial charge in [0.15, 0.2) is 11.5 Å². The first-order valence-electron chi connectivity index (χ1n) is 12.0. The summed E-state index contributed by atoms with van der Waals surface area (Å²) in [6.07, 6.45) is 1.67. The molecule has 1 aliphatic rings. The molecule has 7 nitrogen and oxygen atoms in total. The van der Waals surface area contributed by atoms with Crippen molar-refractivity contribution in [2.24, 2.45) is 4.99 Å². The number of aliphatic imine (C=N–C) groups is 1. The van der Waals surface area contributed by atoms with E-state index in [1.165, 1.54) is 7.11 Å². The normalized spacial score (nSPS) is 15.1. The summed E-state index contributed by atoms with van der Waals surface area (Å²) in [5, 5.41) is 11.7. The van der Waals surface area contributed by atoms with Gasteiger partial charge in [0.25, 0.3) is 5.91 Å². The molecule has 200 valence electrons. The van der Waals surface area contributed by atoms with Crippen LogP contribution >= 0.6 is 23.4 Å². The molecule has 4 rings (SSSR count). The number of ether oxygens (including phenoxy) is 3. The number of nitrogens with zero attached hydrogens (tertiary/aromatic N) is 1. The van der Waals surface area contributed by atoms with Gasteiger partial charge in [-0.3, -0.25) is 4.79 Å². The average Bonchev–Trinajstić information content (AvgIpc) is 3.22. The molecule has 0 unspecified atom stereocenters. The van der Waals surface area contributed by atoms with E-state index in [1.807, 2.05) is 18.2 Å². The number of esters is 1. The zero-order chi connectivity index (χ0) is 27.9. The number of hydrogen-bond acceptors (Lipinski definition) is 7. The SMILES string of the molecule is CCOC(=O)C1=C(O)/C(=C\c2ccc(OCc3ccc(Cl)cc3)c(OC)c2)SC1=NC(=O)c1ccccc1C. The van der Waals surface area contributed by atoms with E-state index in [1.54, 1.807) is 68.5 Å². The summed E-state index contributed by atoms with van der Waals surface area (Å²) >= 11 is 6.96. The maximum atomic E-state index is 12.9. The third kappa shape index (κ3) is 6.71. The Balaban J connectivity index is 1.62. The van der Waals surface area contributed by atoms with Crippen molar-refractivity contribution in [3.8, 4) is 11.5 Å². The highest BCUT2D eigenvalue weighted by molar-refractivity contribution is 8.18. The molecule has 0 aromatic heterocycles. The van der Waals surface area contributed by atoms with Gasteiger partial charge < -0.3 is 19.3 Å². The third-order valence-electron chi connectivity index (χ3n) is 5.74. The molecule has 0 aliphatic carbocycles. The van der Waals surface area contributed by atoms with Gasteiger partial charge in [0.1, 0.15) is 23.0 Å². The van der Waals surface area contributed by atoms with E-state index in [9.17, 15) is 14.7 Å². The van der Waals surface area contributed by atoms with Crippen molar-refractivity contribution in [2.45, 2.75) is 20.5 Å². The Bertz CT molecular complexity index is 1490. The van der Waals surface area contributed by atoms with Gasteiger partial charge in [-0.05, 0) is 66.9 Å². The number of carbonyl (C=O) groups excluding carboxylic acids is 2. The first-order chi connectivity index (χ1) is 18.8. The van der Waals surface area contributed by atoms with Crippen molar-refractivity contribution in [3.63, 3.8) is 0 Å². The maximum Gasteiger partial charge on any atom is 0.344 e. The Morgan fingerprint density at radius 2 is 1.79 bits per heavy atom. The smallest absolute Gasteiger partial charge is 0.344 e. The summed E-state index contributed by atoms with van der Waals surface area (Å²) in [7, 11) is 1.53. The summed E-state index contributed by atoms with van der Waals surface area (Å²) in [5.74, 6) is -0.566. The quantitative estimate of drug-likeness (QED) is 0.297. The van der Waals surface area contributed by atoms with Crippen LogP contribution in [0.2, 0.25) is 5.02 Å². The van der Waals surface area contributed by atoms with Crippen LogP contribution in [-0.4, -0.2) is 35.7 Å². The second-order valence-electron chi connectivity index (χ2n) is 8.42. The molecule has 3 aromatic carbocycles. The van der Waals surface area contributed by atoms with E-state index < -0.39 is 11.9 Å². The number of aliphatic hydroxyl groups excluding tert-OH is 1. The molecule has 3 aromatic rings. The Kier molecular flexibility index (Phi) is 9.11. The number of thioether (sulfide) groups is 1. The lowest BCUT2D eigenvalue weighted by atomic mass is 10.1. The van der Waals surface area contributed by atoms with Crippen LogP contribution in [0.4, 0.5) is 0 Å². The molecule has 0 atom stereocenters. The number of halogens is 1. The van der Waals surface area contributed by atoms with E-state index in [2.05, 4.69) is 4.99 Å². The van der Waals surface area contributed by atoms with Crippen molar-refractivity contribution in [1.29, 1.82) is 0 Å². The monoisotopic (exact) mass is 563 g/mol. The van der Waals surface area contributed by atoms with Gasteiger partial charge in [-0.2, -0.15) is 0 Å². The molecular weight excluding hydrogens is 538 g/mol. The minimum Gasteiger partial charge on any atom is -0.506 e.